The molecule has 1 aromatic carbocycles. The van der Waals surface area contributed by atoms with E-state index in [0.717, 1.165) is 5.56 Å². The van der Waals surface area contributed by atoms with E-state index in [2.05, 4.69) is 5.32 Å². The second-order valence-corrected chi connectivity index (χ2v) is 6.93. The Morgan fingerprint density at radius 2 is 1.62 bits per heavy atom. The molecule has 0 saturated heterocycles. The van der Waals surface area contributed by atoms with Gasteiger partial charge in [0.2, 0.25) is 5.91 Å². The third-order valence-electron chi connectivity index (χ3n) is 3.12. The first-order chi connectivity index (χ1) is 13.2. The van der Waals surface area contributed by atoms with Crippen molar-refractivity contribution in [3.05, 3.63) is 35.9 Å². The first-order valence-electron chi connectivity index (χ1n) is 8.50. The molecule has 0 aliphatic rings. The number of nitrogens with two attached hydrogens (primary N) is 2. The van der Waals surface area contributed by atoms with E-state index >= 15 is 0 Å². The third kappa shape index (κ3) is 11.7. The van der Waals surface area contributed by atoms with Gasteiger partial charge in [0.15, 0.2) is 0 Å². The summed E-state index contributed by atoms with van der Waals surface area (Å²) in [7, 11) is 0. The molecule has 6 N–H and O–H groups in total. The van der Waals surface area contributed by atoms with Crippen LogP contribution < -0.4 is 16.8 Å². The van der Waals surface area contributed by atoms with Gasteiger partial charge in [0, 0.05) is 13.0 Å². The van der Waals surface area contributed by atoms with E-state index in [4.69, 9.17) is 26.1 Å². The van der Waals surface area contributed by atoms with Crippen molar-refractivity contribution in [1.82, 2.24) is 5.32 Å². The van der Waals surface area contributed by atoms with Crippen molar-refractivity contribution in [3.63, 3.8) is 0 Å². The van der Waals surface area contributed by atoms with E-state index in [0.29, 0.717) is 6.42 Å². The zero-order valence-corrected chi connectivity index (χ0v) is 16.3. The van der Waals surface area contributed by atoms with Gasteiger partial charge in [-0.25, -0.2) is 9.59 Å². The number of carboxylic acids is 1. The summed E-state index contributed by atoms with van der Waals surface area (Å²) in [6, 6.07) is 7.74. The molecule has 0 aromatic heterocycles. The molecule has 0 bridgehead atoms. The smallest absolute Gasteiger partial charge is 0.475 e. The number of nitrogens with one attached hydrogen (secondary N) is 1. The van der Waals surface area contributed by atoms with Gasteiger partial charge in [-0.3, -0.25) is 4.79 Å². The molecule has 1 aromatic rings. The van der Waals surface area contributed by atoms with Crippen LogP contribution >= 0.6 is 0 Å². The monoisotopic (exact) mass is 421 g/mol. The molecule has 0 heterocycles. The van der Waals surface area contributed by atoms with Crippen LogP contribution in [0, 0.1) is 0 Å². The van der Waals surface area contributed by atoms with Gasteiger partial charge in [-0.1, -0.05) is 30.3 Å². The minimum Gasteiger partial charge on any atom is -0.475 e. The number of carboxylic acid groups (broad SMARTS) is 1. The fourth-order valence-corrected chi connectivity index (χ4v) is 1.80. The third-order valence-corrected chi connectivity index (χ3v) is 3.12. The number of ether oxygens (including phenoxy) is 1. The van der Waals surface area contributed by atoms with Crippen LogP contribution in [0.5, 0.6) is 0 Å². The highest BCUT2D eigenvalue weighted by molar-refractivity contribution is 5.87. The Kier molecular flexibility index (Phi) is 10.3. The molecular formula is C18H26F3N3O5. The number of carbonyl (C=O) groups is 3. The molecule has 164 valence electrons. The molecule has 0 aliphatic heterocycles. The Morgan fingerprint density at radius 1 is 1.14 bits per heavy atom. The maximum Gasteiger partial charge on any atom is 0.490 e. The topological polar surface area (TPSA) is 145 Å². The van der Waals surface area contributed by atoms with E-state index < -0.39 is 41.7 Å². The number of carbonyl (C=O) groups excluding carboxylic acids is 2. The molecule has 29 heavy (non-hydrogen) atoms. The molecule has 0 aliphatic carbocycles. The van der Waals surface area contributed by atoms with Crippen molar-refractivity contribution in [2.45, 2.75) is 51.1 Å². The summed E-state index contributed by atoms with van der Waals surface area (Å²) in [5.74, 6) is -3.71. The Bertz CT molecular complexity index is 676. The van der Waals surface area contributed by atoms with Crippen LogP contribution in [0.3, 0.4) is 0 Å². The lowest BCUT2D eigenvalue weighted by atomic mass is 10.0. The van der Waals surface area contributed by atoms with Gasteiger partial charge < -0.3 is 26.6 Å². The number of benzene rings is 1. The van der Waals surface area contributed by atoms with Crippen LogP contribution in [0.1, 0.15) is 26.3 Å². The predicted molar refractivity (Wildman–Crippen MR) is 98.6 cm³/mol. The van der Waals surface area contributed by atoms with E-state index in [1.54, 1.807) is 20.8 Å². The zero-order chi connectivity index (χ0) is 22.8. The number of aliphatic carboxylic acids is 1. The lowest BCUT2D eigenvalue weighted by Gasteiger charge is -2.25. The quantitative estimate of drug-likeness (QED) is 0.501. The highest BCUT2D eigenvalue weighted by Gasteiger charge is 2.38. The van der Waals surface area contributed by atoms with Crippen LogP contribution in [-0.4, -0.2) is 53.4 Å². The minimum atomic E-state index is -5.08. The van der Waals surface area contributed by atoms with Crippen LogP contribution in [0.25, 0.3) is 0 Å². The molecule has 0 radical (unpaired) electrons. The number of hydrogen-bond acceptors (Lipinski definition) is 6. The van der Waals surface area contributed by atoms with Crippen LogP contribution in [0.15, 0.2) is 30.3 Å². The molecule has 0 saturated carbocycles. The van der Waals surface area contributed by atoms with Crippen molar-refractivity contribution in [2.75, 3.05) is 6.54 Å². The highest BCUT2D eigenvalue weighted by Crippen LogP contribution is 2.13. The number of alkyl halides is 3. The molecule has 8 nitrogen and oxygen atoms in total. The van der Waals surface area contributed by atoms with Crippen LogP contribution in [0.4, 0.5) is 13.2 Å². The Morgan fingerprint density at radius 3 is 2.00 bits per heavy atom. The number of hydrogen-bond donors (Lipinski definition) is 4. The fourth-order valence-electron chi connectivity index (χ4n) is 1.80. The van der Waals surface area contributed by atoms with Crippen LogP contribution in [0.2, 0.25) is 0 Å². The summed E-state index contributed by atoms with van der Waals surface area (Å²) in [5, 5.41) is 9.75. The van der Waals surface area contributed by atoms with Crippen molar-refractivity contribution < 1.29 is 37.4 Å². The number of amides is 1. The SMILES string of the molecule is CC(C)(C)OC(=O)[C@H](Cc1ccccc1)NC(=O)[C@@H](N)CN.O=C(O)C(F)(F)F. The number of rotatable bonds is 6. The Balaban J connectivity index is 0.000000956. The molecular weight excluding hydrogens is 395 g/mol. The molecule has 0 unspecified atom stereocenters. The van der Waals surface area contributed by atoms with Gasteiger partial charge in [0.1, 0.15) is 11.6 Å². The number of esters is 1. The first kappa shape index (κ1) is 26.3. The van der Waals surface area contributed by atoms with E-state index in [9.17, 15) is 22.8 Å². The van der Waals surface area contributed by atoms with E-state index in [1.807, 2.05) is 30.3 Å². The highest BCUT2D eigenvalue weighted by atomic mass is 19.4. The average Bonchev–Trinajstić information content (AvgIpc) is 2.59. The van der Waals surface area contributed by atoms with Crippen molar-refractivity contribution in [2.24, 2.45) is 11.5 Å². The summed E-state index contributed by atoms with van der Waals surface area (Å²) < 4.78 is 37.1. The second kappa shape index (κ2) is 11.4. The van der Waals surface area contributed by atoms with Gasteiger partial charge in [-0.2, -0.15) is 13.2 Å². The molecule has 1 amide bonds. The summed E-state index contributed by atoms with van der Waals surface area (Å²) in [6.45, 7) is 5.34. The normalized spacial score (nSPS) is 13.4. The predicted octanol–water partition coefficient (Wildman–Crippen LogP) is 0.975. The fraction of sp³-hybridized carbons (Fsp3) is 0.500. The molecule has 0 fully saturated rings. The number of halogens is 3. The van der Waals surface area contributed by atoms with E-state index in [-0.39, 0.29) is 6.54 Å². The summed E-state index contributed by atoms with van der Waals surface area (Å²) >= 11 is 0. The van der Waals surface area contributed by atoms with Crippen molar-refractivity contribution in [1.29, 1.82) is 0 Å². The van der Waals surface area contributed by atoms with Gasteiger partial charge >= 0.3 is 18.1 Å². The van der Waals surface area contributed by atoms with Gasteiger partial charge in [-0.05, 0) is 26.3 Å². The minimum absolute atomic E-state index is 0.0121. The first-order valence-corrected chi connectivity index (χ1v) is 8.50. The molecule has 2 atom stereocenters. The second-order valence-electron chi connectivity index (χ2n) is 6.93. The van der Waals surface area contributed by atoms with Gasteiger partial charge in [0.05, 0.1) is 6.04 Å². The van der Waals surface area contributed by atoms with Gasteiger partial charge in [0.25, 0.3) is 0 Å². The Hall–Kier alpha value is -2.66. The van der Waals surface area contributed by atoms with Crippen LogP contribution in [-0.2, 0) is 25.5 Å². The zero-order valence-electron chi connectivity index (χ0n) is 16.3. The molecule has 0 spiro atoms. The van der Waals surface area contributed by atoms with Crippen molar-refractivity contribution in [3.8, 4) is 0 Å². The summed E-state index contributed by atoms with van der Waals surface area (Å²) in [5.41, 5.74) is 11.3. The Labute approximate surface area is 166 Å². The van der Waals surface area contributed by atoms with E-state index in [1.165, 1.54) is 0 Å². The maximum atomic E-state index is 12.3. The lowest BCUT2D eigenvalue weighted by Crippen LogP contribution is -2.52. The lowest BCUT2D eigenvalue weighted by molar-refractivity contribution is -0.192. The van der Waals surface area contributed by atoms with Gasteiger partial charge in [-0.15, -0.1) is 0 Å². The molecule has 1 rings (SSSR count). The summed E-state index contributed by atoms with van der Waals surface area (Å²) in [4.78, 5) is 33.1. The maximum absolute atomic E-state index is 12.3. The largest absolute Gasteiger partial charge is 0.490 e. The standard InChI is InChI=1S/C16H25N3O3.C2HF3O2/c1-16(2,3)22-15(21)13(19-14(20)12(18)10-17)9-11-7-5-4-6-8-11;3-2(4,5)1(6)7/h4-8,12-13H,9-10,17-18H2,1-3H3,(H,19,20);(H,6,7)/t12-,13-;/m0./s1. The van der Waals surface area contributed by atoms with Crippen molar-refractivity contribution >= 4 is 17.8 Å². The summed E-state index contributed by atoms with van der Waals surface area (Å²) in [6.07, 6.45) is -4.75. The molecule has 11 heteroatoms. The average molecular weight is 421 g/mol.